The van der Waals surface area contributed by atoms with Crippen molar-refractivity contribution in [2.45, 2.75) is 12.8 Å². The number of benzene rings is 1. The first kappa shape index (κ1) is 13.3. The van der Waals surface area contributed by atoms with Crippen molar-refractivity contribution in [2.75, 3.05) is 6.54 Å². The molecule has 1 heterocycles. The summed E-state index contributed by atoms with van der Waals surface area (Å²) in [5.74, 6) is 0.0354. The van der Waals surface area contributed by atoms with Crippen LogP contribution < -0.4 is 5.32 Å². The Labute approximate surface area is 113 Å². The van der Waals surface area contributed by atoms with Gasteiger partial charge in [-0.3, -0.25) is 9.78 Å². The van der Waals surface area contributed by atoms with E-state index in [2.05, 4.69) is 10.3 Å². The molecule has 3 heteroatoms. The summed E-state index contributed by atoms with van der Waals surface area (Å²) in [7, 11) is 0. The number of hydrogen-bond donors (Lipinski definition) is 1. The molecule has 0 spiro atoms. The van der Waals surface area contributed by atoms with Crippen LogP contribution >= 0.6 is 0 Å². The Balaban J connectivity index is 1.75. The normalized spacial score (nSPS) is 10.2. The Morgan fingerprint density at radius 3 is 2.68 bits per heavy atom. The van der Waals surface area contributed by atoms with E-state index in [-0.39, 0.29) is 5.91 Å². The Hall–Kier alpha value is -2.16. The number of rotatable bonds is 5. The summed E-state index contributed by atoms with van der Waals surface area (Å²) in [5.41, 5.74) is 2.61. The van der Waals surface area contributed by atoms with Gasteiger partial charge in [0.05, 0.1) is 6.42 Å². The van der Waals surface area contributed by atoms with Gasteiger partial charge < -0.3 is 5.32 Å². The van der Waals surface area contributed by atoms with Crippen LogP contribution in [-0.4, -0.2) is 17.4 Å². The summed E-state index contributed by atoms with van der Waals surface area (Å²) in [4.78, 5) is 15.7. The quantitative estimate of drug-likeness (QED) is 0.884. The molecule has 19 heavy (non-hydrogen) atoms. The SMILES string of the molecule is [CH]c1cc(CCNC(=O)Cc2ccccc2)ccn1. The third-order valence-electron chi connectivity index (χ3n) is 2.79. The second-order valence-electron chi connectivity index (χ2n) is 4.35. The highest BCUT2D eigenvalue weighted by molar-refractivity contribution is 5.78. The van der Waals surface area contributed by atoms with Crippen molar-refractivity contribution in [1.82, 2.24) is 10.3 Å². The highest BCUT2D eigenvalue weighted by atomic mass is 16.1. The molecule has 0 aliphatic rings. The van der Waals surface area contributed by atoms with E-state index in [1.807, 2.05) is 42.5 Å². The van der Waals surface area contributed by atoms with Crippen molar-refractivity contribution in [2.24, 2.45) is 0 Å². The molecule has 0 bridgehead atoms. The van der Waals surface area contributed by atoms with Gasteiger partial charge in [0, 0.05) is 25.4 Å². The minimum absolute atomic E-state index is 0.0354. The van der Waals surface area contributed by atoms with E-state index in [1.54, 1.807) is 6.20 Å². The minimum atomic E-state index is 0.0354. The summed E-state index contributed by atoms with van der Waals surface area (Å²) in [6, 6.07) is 13.4. The molecule has 2 radical (unpaired) electrons. The van der Waals surface area contributed by atoms with Crippen molar-refractivity contribution >= 4 is 5.91 Å². The van der Waals surface area contributed by atoms with E-state index < -0.39 is 0 Å². The summed E-state index contributed by atoms with van der Waals surface area (Å²) < 4.78 is 0. The lowest BCUT2D eigenvalue weighted by Gasteiger charge is -2.06. The monoisotopic (exact) mass is 252 g/mol. The molecule has 1 N–H and O–H groups in total. The molecule has 1 aromatic carbocycles. The van der Waals surface area contributed by atoms with E-state index in [4.69, 9.17) is 6.92 Å². The molecule has 0 atom stereocenters. The topological polar surface area (TPSA) is 42.0 Å². The molecule has 0 unspecified atom stereocenters. The lowest BCUT2D eigenvalue weighted by Crippen LogP contribution is -2.27. The van der Waals surface area contributed by atoms with Crippen LogP contribution in [0.1, 0.15) is 16.8 Å². The lowest BCUT2D eigenvalue weighted by atomic mass is 10.1. The Morgan fingerprint density at radius 2 is 1.95 bits per heavy atom. The highest BCUT2D eigenvalue weighted by Gasteiger charge is 2.02. The van der Waals surface area contributed by atoms with Gasteiger partial charge in [0.15, 0.2) is 0 Å². The maximum Gasteiger partial charge on any atom is 0.224 e. The van der Waals surface area contributed by atoms with Crippen LogP contribution in [0, 0.1) is 6.92 Å². The van der Waals surface area contributed by atoms with Crippen molar-refractivity contribution in [3.63, 3.8) is 0 Å². The molecule has 2 rings (SSSR count). The van der Waals surface area contributed by atoms with Crippen molar-refractivity contribution in [1.29, 1.82) is 0 Å². The standard InChI is InChI=1S/C16H16N2O/c1-13-11-15(7-9-17-13)8-10-18-16(19)12-14-5-3-2-4-6-14/h1-7,9,11H,8,10,12H2,(H,18,19). The predicted molar refractivity (Wildman–Crippen MR) is 74.5 cm³/mol. The molecule has 0 aliphatic carbocycles. The Kier molecular flexibility index (Phi) is 4.67. The van der Waals surface area contributed by atoms with Crippen LogP contribution in [0.15, 0.2) is 48.7 Å². The van der Waals surface area contributed by atoms with Gasteiger partial charge >= 0.3 is 0 Å². The van der Waals surface area contributed by atoms with Crippen molar-refractivity contribution < 1.29 is 4.79 Å². The number of carbonyl (C=O) groups excluding carboxylic acids is 1. The molecular weight excluding hydrogens is 236 g/mol. The fraction of sp³-hybridized carbons (Fsp3) is 0.188. The number of carbonyl (C=O) groups is 1. The molecule has 0 aliphatic heterocycles. The predicted octanol–water partition coefficient (Wildman–Crippen LogP) is 2.04. The number of amides is 1. The Bertz CT molecular complexity index is 537. The minimum Gasteiger partial charge on any atom is -0.355 e. The Morgan fingerprint density at radius 1 is 1.16 bits per heavy atom. The fourth-order valence-electron chi connectivity index (χ4n) is 1.84. The highest BCUT2D eigenvalue weighted by Crippen LogP contribution is 2.02. The van der Waals surface area contributed by atoms with Crippen LogP contribution in [0.5, 0.6) is 0 Å². The van der Waals surface area contributed by atoms with Crippen LogP contribution in [0.2, 0.25) is 0 Å². The first-order valence-corrected chi connectivity index (χ1v) is 6.25. The third-order valence-corrected chi connectivity index (χ3v) is 2.79. The number of pyridine rings is 1. The molecule has 2 aromatic rings. The fourth-order valence-corrected chi connectivity index (χ4v) is 1.84. The number of aromatic nitrogens is 1. The first-order valence-electron chi connectivity index (χ1n) is 6.25. The zero-order valence-corrected chi connectivity index (χ0v) is 10.7. The van der Waals surface area contributed by atoms with Crippen molar-refractivity contribution in [3.05, 3.63) is 72.4 Å². The van der Waals surface area contributed by atoms with Gasteiger partial charge in [-0.15, -0.1) is 0 Å². The number of hydrogen-bond acceptors (Lipinski definition) is 2. The molecule has 0 saturated heterocycles. The largest absolute Gasteiger partial charge is 0.355 e. The maximum absolute atomic E-state index is 11.7. The summed E-state index contributed by atoms with van der Waals surface area (Å²) >= 11 is 0. The summed E-state index contributed by atoms with van der Waals surface area (Å²) in [6.45, 7) is 6.20. The molecule has 3 nitrogen and oxygen atoms in total. The van der Waals surface area contributed by atoms with Gasteiger partial charge in [0.25, 0.3) is 0 Å². The molecule has 1 aromatic heterocycles. The van der Waals surface area contributed by atoms with Gasteiger partial charge in [-0.1, -0.05) is 30.3 Å². The van der Waals surface area contributed by atoms with Gasteiger partial charge in [0.1, 0.15) is 0 Å². The second kappa shape index (κ2) is 6.69. The summed E-state index contributed by atoms with van der Waals surface area (Å²) in [5, 5.41) is 2.90. The molecule has 0 saturated carbocycles. The van der Waals surface area contributed by atoms with Crippen LogP contribution in [0.4, 0.5) is 0 Å². The average molecular weight is 252 g/mol. The van der Waals surface area contributed by atoms with E-state index in [0.717, 1.165) is 17.5 Å². The summed E-state index contributed by atoms with van der Waals surface area (Å²) in [6.07, 6.45) is 2.85. The van der Waals surface area contributed by atoms with Gasteiger partial charge in [-0.2, -0.15) is 0 Å². The van der Waals surface area contributed by atoms with E-state index >= 15 is 0 Å². The molecule has 1 amide bonds. The molecule has 0 fully saturated rings. The van der Waals surface area contributed by atoms with Gasteiger partial charge in [-0.05, 0) is 29.7 Å². The second-order valence-corrected chi connectivity index (χ2v) is 4.35. The molecular formula is C16H16N2O. The smallest absolute Gasteiger partial charge is 0.224 e. The zero-order valence-electron chi connectivity index (χ0n) is 10.7. The zero-order chi connectivity index (χ0) is 13.5. The van der Waals surface area contributed by atoms with Gasteiger partial charge in [0.2, 0.25) is 5.91 Å². The first-order chi connectivity index (χ1) is 9.24. The lowest BCUT2D eigenvalue weighted by molar-refractivity contribution is -0.120. The van der Waals surface area contributed by atoms with E-state index in [1.165, 1.54) is 0 Å². The van der Waals surface area contributed by atoms with Crippen LogP contribution in [0.25, 0.3) is 0 Å². The number of nitrogens with one attached hydrogen (secondary N) is 1. The van der Waals surface area contributed by atoms with E-state index in [0.29, 0.717) is 18.7 Å². The molecule has 96 valence electrons. The van der Waals surface area contributed by atoms with Crippen LogP contribution in [-0.2, 0) is 17.6 Å². The number of nitrogens with zero attached hydrogens (tertiary/aromatic N) is 1. The van der Waals surface area contributed by atoms with Crippen LogP contribution in [0.3, 0.4) is 0 Å². The van der Waals surface area contributed by atoms with Crippen molar-refractivity contribution in [3.8, 4) is 0 Å². The van der Waals surface area contributed by atoms with E-state index in [9.17, 15) is 4.79 Å². The van der Waals surface area contributed by atoms with Gasteiger partial charge in [-0.25, -0.2) is 0 Å². The maximum atomic E-state index is 11.7. The third kappa shape index (κ3) is 4.54. The average Bonchev–Trinajstić information content (AvgIpc) is 2.40.